The van der Waals surface area contributed by atoms with Crippen molar-refractivity contribution in [2.45, 2.75) is 26.2 Å². The normalized spacial score (nSPS) is 16.5. The monoisotopic (exact) mass is 499 g/mol. The van der Waals surface area contributed by atoms with Crippen molar-refractivity contribution in [3.05, 3.63) is 59.9 Å². The van der Waals surface area contributed by atoms with Crippen LogP contribution in [-0.2, 0) is 0 Å². The number of anilines is 2. The van der Waals surface area contributed by atoms with E-state index in [1.54, 1.807) is 23.7 Å². The standard InChI is InChI=1S/C27H29N7OS/c1-19-6-8-20(9-7-19)22-18-21(23-24(30-22)31-27(36-23)34-12-3-2-4-13-34)25(35)32-14-16-33(17-15-32)26-28-10-5-11-29-26/h5-11,18H,2-4,12-17H2,1H3. The fourth-order valence-electron chi connectivity index (χ4n) is 4.89. The van der Waals surface area contributed by atoms with Crippen LogP contribution in [0.4, 0.5) is 11.1 Å². The summed E-state index contributed by atoms with van der Waals surface area (Å²) in [5.41, 5.74) is 4.34. The second-order valence-corrected chi connectivity index (χ2v) is 10.4. The summed E-state index contributed by atoms with van der Waals surface area (Å²) in [5.74, 6) is 0.754. The molecular weight excluding hydrogens is 470 g/mol. The summed E-state index contributed by atoms with van der Waals surface area (Å²) in [7, 11) is 0. The van der Waals surface area contributed by atoms with Gasteiger partial charge in [0.1, 0.15) is 0 Å². The molecule has 1 aromatic carbocycles. The molecule has 2 fully saturated rings. The molecule has 0 unspecified atom stereocenters. The number of hydrogen-bond donors (Lipinski definition) is 0. The van der Waals surface area contributed by atoms with Crippen LogP contribution in [0, 0.1) is 6.92 Å². The number of aryl methyl sites for hydroxylation is 1. The van der Waals surface area contributed by atoms with E-state index in [1.165, 1.54) is 24.8 Å². The number of amides is 1. The third kappa shape index (κ3) is 4.51. The molecule has 5 heterocycles. The molecule has 0 spiro atoms. The Bertz CT molecular complexity index is 1360. The smallest absolute Gasteiger partial charge is 0.255 e. The van der Waals surface area contributed by atoms with E-state index in [9.17, 15) is 4.79 Å². The minimum atomic E-state index is 0.0400. The third-order valence-corrected chi connectivity index (χ3v) is 8.09. The number of nitrogens with zero attached hydrogens (tertiary/aromatic N) is 7. The van der Waals surface area contributed by atoms with Gasteiger partial charge in [-0.3, -0.25) is 4.79 Å². The number of fused-ring (bicyclic) bond motifs is 1. The van der Waals surface area contributed by atoms with Crippen molar-refractivity contribution >= 4 is 38.7 Å². The first kappa shape index (κ1) is 22.8. The molecule has 2 aliphatic rings. The zero-order valence-electron chi connectivity index (χ0n) is 20.4. The maximum atomic E-state index is 13.9. The predicted octanol–water partition coefficient (Wildman–Crippen LogP) is 4.41. The molecule has 0 bridgehead atoms. The van der Waals surface area contributed by atoms with Crippen LogP contribution in [0.3, 0.4) is 0 Å². The number of pyridine rings is 1. The molecular formula is C27H29N7OS. The Hall–Kier alpha value is -3.59. The van der Waals surface area contributed by atoms with E-state index in [-0.39, 0.29) is 5.91 Å². The largest absolute Gasteiger partial charge is 0.348 e. The lowest BCUT2D eigenvalue weighted by Gasteiger charge is -2.34. The summed E-state index contributed by atoms with van der Waals surface area (Å²) in [6, 6.07) is 12.1. The number of rotatable bonds is 4. The van der Waals surface area contributed by atoms with E-state index in [0.29, 0.717) is 43.3 Å². The molecule has 0 aliphatic carbocycles. The van der Waals surface area contributed by atoms with Crippen LogP contribution in [0.5, 0.6) is 0 Å². The van der Waals surface area contributed by atoms with Crippen molar-refractivity contribution in [2.75, 3.05) is 49.1 Å². The number of piperidine rings is 1. The first-order valence-corrected chi connectivity index (χ1v) is 13.4. The number of benzene rings is 1. The summed E-state index contributed by atoms with van der Waals surface area (Å²) in [4.78, 5) is 38.9. The fourth-order valence-corrected chi connectivity index (χ4v) is 5.95. The van der Waals surface area contributed by atoms with Gasteiger partial charge in [0.05, 0.1) is 16.0 Å². The number of carbonyl (C=O) groups excluding carboxylic acids is 1. The van der Waals surface area contributed by atoms with Crippen molar-refractivity contribution in [1.29, 1.82) is 0 Å². The lowest BCUT2D eigenvalue weighted by molar-refractivity contribution is 0.0748. The summed E-state index contributed by atoms with van der Waals surface area (Å²) < 4.78 is 0.880. The van der Waals surface area contributed by atoms with Gasteiger partial charge in [0.25, 0.3) is 5.91 Å². The number of thiazole rings is 1. The van der Waals surface area contributed by atoms with Crippen LogP contribution in [-0.4, -0.2) is 70.0 Å². The summed E-state index contributed by atoms with van der Waals surface area (Å²) in [6.45, 7) is 6.75. The molecule has 4 aromatic rings. The van der Waals surface area contributed by atoms with Gasteiger partial charge in [0.2, 0.25) is 5.95 Å². The second kappa shape index (κ2) is 9.81. The quantitative estimate of drug-likeness (QED) is 0.412. The van der Waals surface area contributed by atoms with Crippen LogP contribution in [0.2, 0.25) is 0 Å². The first-order valence-electron chi connectivity index (χ1n) is 12.6. The molecule has 6 rings (SSSR count). The minimum absolute atomic E-state index is 0.0400. The van der Waals surface area contributed by atoms with Crippen molar-refractivity contribution < 1.29 is 4.79 Å². The van der Waals surface area contributed by atoms with Gasteiger partial charge in [-0.2, -0.15) is 4.98 Å². The maximum Gasteiger partial charge on any atom is 0.255 e. The van der Waals surface area contributed by atoms with E-state index in [0.717, 1.165) is 34.2 Å². The highest BCUT2D eigenvalue weighted by molar-refractivity contribution is 7.22. The average Bonchev–Trinajstić information content (AvgIpc) is 3.38. The molecule has 0 radical (unpaired) electrons. The number of piperazine rings is 1. The van der Waals surface area contributed by atoms with Crippen molar-refractivity contribution in [2.24, 2.45) is 0 Å². The Morgan fingerprint density at radius 2 is 1.58 bits per heavy atom. The van der Waals surface area contributed by atoms with Crippen LogP contribution < -0.4 is 9.80 Å². The van der Waals surface area contributed by atoms with Crippen molar-refractivity contribution in [3.8, 4) is 11.3 Å². The van der Waals surface area contributed by atoms with E-state index < -0.39 is 0 Å². The molecule has 9 heteroatoms. The second-order valence-electron chi connectivity index (χ2n) is 9.45. The highest BCUT2D eigenvalue weighted by Crippen LogP contribution is 2.35. The van der Waals surface area contributed by atoms with Crippen molar-refractivity contribution in [3.63, 3.8) is 0 Å². The molecule has 0 atom stereocenters. The molecule has 0 saturated carbocycles. The number of carbonyl (C=O) groups is 1. The van der Waals surface area contributed by atoms with E-state index in [2.05, 4.69) is 51.0 Å². The minimum Gasteiger partial charge on any atom is -0.348 e. The van der Waals surface area contributed by atoms with Crippen LogP contribution in [0.15, 0.2) is 48.8 Å². The third-order valence-electron chi connectivity index (χ3n) is 6.96. The van der Waals surface area contributed by atoms with Crippen LogP contribution in [0.1, 0.15) is 35.2 Å². The highest BCUT2D eigenvalue weighted by Gasteiger charge is 2.27. The molecule has 184 valence electrons. The topological polar surface area (TPSA) is 78.4 Å². The summed E-state index contributed by atoms with van der Waals surface area (Å²) in [6.07, 6.45) is 7.13. The average molecular weight is 500 g/mol. The zero-order valence-corrected chi connectivity index (χ0v) is 21.2. The Morgan fingerprint density at radius 1 is 0.861 bits per heavy atom. The van der Waals surface area contributed by atoms with Crippen LogP contribution in [0.25, 0.3) is 21.6 Å². The lowest BCUT2D eigenvalue weighted by atomic mass is 10.1. The van der Waals surface area contributed by atoms with Gasteiger partial charge in [-0.1, -0.05) is 41.2 Å². The van der Waals surface area contributed by atoms with Gasteiger partial charge in [0, 0.05) is 57.2 Å². The van der Waals surface area contributed by atoms with Gasteiger partial charge in [-0.25, -0.2) is 15.0 Å². The van der Waals surface area contributed by atoms with Crippen LogP contribution >= 0.6 is 11.3 Å². The molecule has 36 heavy (non-hydrogen) atoms. The Kier molecular flexibility index (Phi) is 6.23. The first-order chi connectivity index (χ1) is 17.7. The molecule has 2 aliphatic heterocycles. The molecule has 2 saturated heterocycles. The SMILES string of the molecule is Cc1ccc(-c2cc(C(=O)N3CCN(c4ncccn4)CC3)c3sc(N4CCCCC4)nc3n2)cc1. The molecule has 3 aromatic heterocycles. The highest BCUT2D eigenvalue weighted by atomic mass is 32.1. The summed E-state index contributed by atoms with van der Waals surface area (Å²) in [5, 5.41) is 0.971. The van der Waals surface area contributed by atoms with E-state index in [4.69, 9.17) is 9.97 Å². The molecule has 8 nitrogen and oxygen atoms in total. The maximum absolute atomic E-state index is 13.9. The van der Waals surface area contributed by atoms with Gasteiger partial charge < -0.3 is 14.7 Å². The van der Waals surface area contributed by atoms with Gasteiger partial charge in [0.15, 0.2) is 10.8 Å². The number of aromatic nitrogens is 4. The lowest BCUT2D eigenvalue weighted by Crippen LogP contribution is -2.49. The fraction of sp³-hybridized carbons (Fsp3) is 0.370. The van der Waals surface area contributed by atoms with Gasteiger partial charge in [-0.05, 0) is 38.3 Å². The Balaban J connectivity index is 1.33. The number of hydrogen-bond acceptors (Lipinski definition) is 8. The van der Waals surface area contributed by atoms with Crippen molar-refractivity contribution in [1.82, 2.24) is 24.8 Å². The Morgan fingerprint density at radius 3 is 2.31 bits per heavy atom. The zero-order chi connectivity index (χ0) is 24.5. The molecule has 1 amide bonds. The summed E-state index contributed by atoms with van der Waals surface area (Å²) >= 11 is 1.60. The van der Waals surface area contributed by atoms with Gasteiger partial charge >= 0.3 is 0 Å². The molecule has 0 N–H and O–H groups in total. The van der Waals surface area contributed by atoms with E-state index in [1.807, 2.05) is 17.0 Å². The Labute approximate surface area is 214 Å². The van der Waals surface area contributed by atoms with E-state index >= 15 is 0 Å². The van der Waals surface area contributed by atoms with Gasteiger partial charge in [-0.15, -0.1) is 0 Å². The predicted molar refractivity (Wildman–Crippen MR) is 144 cm³/mol.